The maximum atomic E-state index is 12.5. The van der Waals surface area contributed by atoms with Crippen LogP contribution in [0, 0.1) is 0 Å². The van der Waals surface area contributed by atoms with Crippen molar-refractivity contribution in [1.29, 1.82) is 0 Å². The van der Waals surface area contributed by atoms with E-state index in [4.69, 9.17) is 5.73 Å². The summed E-state index contributed by atoms with van der Waals surface area (Å²) in [7, 11) is 0. The summed E-state index contributed by atoms with van der Waals surface area (Å²) in [5.41, 5.74) is 4.86. The second kappa shape index (κ2) is 5.63. The Kier molecular flexibility index (Phi) is 4.06. The highest BCUT2D eigenvalue weighted by Gasteiger charge is 2.35. The van der Waals surface area contributed by atoms with E-state index < -0.39 is 17.7 Å². The number of hydrogen-bond donors (Lipinski definition) is 1. The standard InChI is InChI=1S/C13H14F3N3O2/c14-13(15,16)9-3-5-18(6-4-9)12(21)8-19-7-10(17)1-2-11(19)20/h1-3,7H,4-6,8,17H2. The van der Waals surface area contributed by atoms with Gasteiger partial charge in [-0.1, -0.05) is 6.08 Å². The van der Waals surface area contributed by atoms with Crippen molar-refractivity contribution in [2.45, 2.75) is 19.1 Å². The van der Waals surface area contributed by atoms with Gasteiger partial charge in [0, 0.05) is 36.6 Å². The van der Waals surface area contributed by atoms with Crippen LogP contribution >= 0.6 is 0 Å². The van der Waals surface area contributed by atoms with Gasteiger partial charge in [0.25, 0.3) is 5.56 Å². The molecule has 2 heterocycles. The molecule has 1 aromatic heterocycles. The minimum Gasteiger partial charge on any atom is -0.398 e. The normalized spacial score (nSPS) is 15.8. The number of alkyl halides is 3. The van der Waals surface area contributed by atoms with Crippen LogP contribution in [0.3, 0.4) is 0 Å². The smallest absolute Gasteiger partial charge is 0.398 e. The third kappa shape index (κ3) is 3.65. The highest BCUT2D eigenvalue weighted by atomic mass is 19.4. The van der Waals surface area contributed by atoms with E-state index in [0.717, 1.165) is 10.6 Å². The first-order valence-corrected chi connectivity index (χ1v) is 6.27. The Morgan fingerprint density at radius 1 is 1.33 bits per heavy atom. The quantitative estimate of drug-likeness (QED) is 0.833. The molecule has 2 rings (SSSR count). The SMILES string of the molecule is Nc1ccc(=O)n(CC(=O)N2CC=C(C(F)(F)F)CC2)c1. The van der Waals surface area contributed by atoms with Crippen LogP contribution in [-0.4, -0.2) is 34.6 Å². The number of rotatable bonds is 2. The number of carbonyl (C=O) groups is 1. The first kappa shape index (κ1) is 15.1. The van der Waals surface area contributed by atoms with E-state index in [1.165, 1.54) is 23.2 Å². The van der Waals surface area contributed by atoms with Crippen LogP contribution in [0.15, 0.2) is 34.8 Å². The molecule has 0 saturated heterocycles. The number of nitrogen functional groups attached to an aromatic ring is 1. The molecule has 1 aliphatic heterocycles. The third-order valence-corrected chi connectivity index (χ3v) is 3.24. The Labute approximate surface area is 118 Å². The van der Waals surface area contributed by atoms with E-state index in [1.54, 1.807) is 0 Å². The lowest BCUT2D eigenvalue weighted by molar-refractivity contribution is -0.132. The molecule has 1 aliphatic rings. The largest absolute Gasteiger partial charge is 0.412 e. The molecule has 1 amide bonds. The molecule has 0 saturated carbocycles. The van der Waals surface area contributed by atoms with Crippen molar-refractivity contribution in [1.82, 2.24) is 9.47 Å². The van der Waals surface area contributed by atoms with E-state index in [-0.39, 0.29) is 31.6 Å². The topological polar surface area (TPSA) is 68.3 Å². The molecule has 114 valence electrons. The predicted octanol–water partition coefficient (Wildman–Crippen LogP) is 1.15. The Balaban J connectivity index is 2.04. The number of halogens is 3. The highest BCUT2D eigenvalue weighted by Crippen LogP contribution is 2.30. The summed E-state index contributed by atoms with van der Waals surface area (Å²) in [4.78, 5) is 24.8. The summed E-state index contributed by atoms with van der Waals surface area (Å²) in [5.74, 6) is -0.417. The number of anilines is 1. The van der Waals surface area contributed by atoms with Gasteiger partial charge in [0.1, 0.15) is 6.54 Å². The van der Waals surface area contributed by atoms with Gasteiger partial charge in [0.05, 0.1) is 0 Å². The molecule has 1 aromatic rings. The van der Waals surface area contributed by atoms with Crippen LogP contribution in [0.1, 0.15) is 6.42 Å². The Morgan fingerprint density at radius 3 is 2.62 bits per heavy atom. The minimum atomic E-state index is -4.35. The lowest BCUT2D eigenvalue weighted by atomic mass is 10.1. The second-order valence-electron chi connectivity index (χ2n) is 4.75. The maximum Gasteiger partial charge on any atom is 0.412 e. The zero-order valence-electron chi connectivity index (χ0n) is 11.1. The van der Waals surface area contributed by atoms with Crippen molar-refractivity contribution in [2.24, 2.45) is 0 Å². The van der Waals surface area contributed by atoms with Crippen molar-refractivity contribution in [3.8, 4) is 0 Å². The number of amides is 1. The number of aromatic nitrogens is 1. The minimum absolute atomic E-state index is 0.0127. The molecule has 0 spiro atoms. The Morgan fingerprint density at radius 2 is 2.05 bits per heavy atom. The summed E-state index contributed by atoms with van der Waals surface area (Å²) < 4.78 is 38.6. The van der Waals surface area contributed by atoms with Crippen molar-refractivity contribution in [2.75, 3.05) is 18.8 Å². The molecule has 0 atom stereocenters. The fraction of sp³-hybridized carbons (Fsp3) is 0.385. The van der Waals surface area contributed by atoms with Crippen molar-refractivity contribution in [3.63, 3.8) is 0 Å². The summed E-state index contributed by atoms with van der Waals surface area (Å²) in [6, 6.07) is 2.66. The molecule has 0 fully saturated rings. The van der Waals surface area contributed by atoms with E-state index in [2.05, 4.69) is 0 Å². The Hall–Kier alpha value is -2.25. The van der Waals surface area contributed by atoms with E-state index >= 15 is 0 Å². The van der Waals surface area contributed by atoms with Crippen LogP contribution in [0.5, 0.6) is 0 Å². The molecule has 21 heavy (non-hydrogen) atoms. The first-order valence-electron chi connectivity index (χ1n) is 6.27. The molecule has 0 aromatic carbocycles. The van der Waals surface area contributed by atoms with E-state index in [9.17, 15) is 22.8 Å². The monoisotopic (exact) mass is 301 g/mol. The van der Waals surface area contributed by atoms with Gasteiger partial charge in [0.15, 0.2) is 0 Å². The molecule has 2 N–H and O–H groups in total. The fourth-order valence-corrected chi connectivity index (χ4v) is 2.07. The van der Waals surface area contributed by atoms with Crippen molar-refractivity contribution < 1.29 is 18.0 Å². The summed E-state index contributed by atoms with van der Waals surface area (Å²) in [5, 5.41) is 0. The fourth-order valence-electron chi connectivity index (χ4n) is 2.07. The van der Waals surface area contributed by atoms with Crippen LogP contribution < -0.4 is 11.3 Å². The molecule has 8 heteroatoms. The molecule has 5 nitrogen and oxygen atoms in total. The van der Waals surface area contributed by atoms with Gasteiger partial charge in [-0.25, -0.2) is 0 Å². The summed E-state index contributed by atoms with van der Waals surface area (Å²) >= 11 is 0. The molecular weight excluding hydrogens is 287 g/mol. The molecular formula is C13H14F3N3O2. The predicted molar refractivity (Wildman–Crippen MR) is 70.4 cm³/mol. The maximum absolute atomic E-state index is 12.5. The van der Waals surface area contributed by atoms with E-state index in [0.29, 0.717) is 5.69 Å². The van der Waals surface area contributed by atoms with Gasteiger partial charge >= 0.3 is 6.18 Å². The first-order chi connectivity index (χ1) is 9.77. The summed E-state index contributed by atoms with van der Waals surface area (Å²) in [6.45, 7) is -0.356. The van der Waals surface area contributed by atoms with Gasteiger partial charge in [0.2, 0.25) is 5.91 Å². The number of nitrogens with zero attached hydrogens (tertiary/aromatic N) is 2. The average molecular weight is 301 g/mol. The lowest BCUT2D eigenvalue weighted by Gasteiger charge is -2.27. The molecule has 0 unspecified atom stereocenters. The van der Waals surface area contributed by atoms with Crippen LogP contribution in [0.25, 0.3) is 0 Å². The highest BCUT2D eigenvalue weighted by molar-refractivity contribution is 5.76. The third-order valence-electron chi connectivity index (χ3n) is 3.24. The molecule has 0 bridgehead atoms. The lowest BCUT2D eigenvalue weighted by Crippen LogP contribution is -2.40. The zero-order valence-corrected chi connectivity index (χ0v) is 11.1. The number of nitrogens with two attached hydrogens (primary N) is 1. The van der Waals surface area contributed by atoms with Gasteiger partial charge in [-0.15, -0.1) is 0 Å². The Bertz CT molecular complexity index is 634. The summed E-state index contributed by atoms with van der Waals surface area (Å²) in [6.07, 6.45) is -2.24. The van der Waals surface area contributed by atoms with Gasteiger partial charge in [-0.05, 0) is 12.5 Å². The van der Waals surface area contributed by atoms with Gasteiger partial charge in [-0.2, -0.15) is 13.2 Å². The number of pyridine rings is 1. The van der Waals surface area contributed by atoms with Gasteiger partial charge < -0.3 is 15.2 Å². The average Bonchev–Trinajstić information content (AvgIpc) is 2.42. The van der Waals surface area contributed by atoms with Gasteiger partial charge in [-0.3, -0.25) is 9.59 Å². The van der Waals surface area contributed by atoms with Crippen LogP contribution in [-0.2, 0) is 11.3 Å². The zero-order chi connectivity index (χ0) is 15.6. The number of hydrogen-bond acceptors (Lipinski definition) is 3. The van der Waals surface area contributed by atoms with Crippen LogP contribution in [0.2, 0.25) is 0 Å². The molecule has 0 radical (unpaired) electrons. The molecule has 0 aliphatic carbocycles. The second-order valence-corrected chi connectivity index (χ2v) is 4.75. The van der Waals surface area contributed by atoms with Crippen LogP contribution in [0.4, 0.5) is 18.9 Å². The van der Waals surface area contributed by atoms with E-state index in [1.807, 2.05) is 0 Å². The van der Waals surface area contributed by atoms with Crippen molar-refractivity contribution in [3.05, 3.63) is 40.3 Å². The van der Waals surface area contributed by atoms with Crippen molar-refractivity contribution >= 4 is 11.6 Å². The number of carbonyl (C=O) groups excluding carboxylic acids is 1.